The van der Waals surface area contributed by atoms with E-state index in [4.69, 9.17) is 0 Å². The van der Waals surface area contributed by atoms with Crippen LogP contribution in [0.25, 0.3) is 10.9 Å². The van der Waals surface area contributed by atoms with Gasteiger partial charge in [-0.1, -0.05) is 54.6 Å². The fourth-order valence-corrected chi connectivity index (χ4v) is 3.58. The Morgan fingerprint density at radius 1 is 0.955 bits per heavy atom. The summed E-state index contributed by atoms with van der Waals surface area (Å²) in [5.41, 5.74) is 3.91. The highest BCUT2D eigenvalue weighted by Gasteiger charge is 2.26. The normalized spacial score (nSPS) is 18.8. The van der Waals surface area contributed by atoms with E-state index in [1.807, 2.05) is 12.3 Å². The van der Waals surface area contributed by atoms with Gasteiger partial charge in [0.05, 0.1) is 5.52 Å². The van der Waals surface area contributed by atoms with E-state index < -0.39 is 0 Å². The predicted molar refractivity (Wildman–Crippen MR) is 90.6 cm³/mol. The zero-order chi connectivity index (χ0) is 14.8. The minimum atomic E-state index is 0.542. The molecule has 1 aliphatic rings. The van der Waals surface area contributed by atoms with Crippen molar-refractivity contribution in [2.24, 2.45) is 0 Å². The van der Waals surface area contributed by atoms with Gasteiger partial charge in [0.1, 0.15) is 0 Å². The van der Waals surface area contributed by atoms with Crippen LogP contribution in [0.15, 0.2) is 66.9 Å². The molecular weight excluding hydrogens is 268 g/mol. The summed E-state index contributed by atoms with van der Waals surface area (Å²) in [6.07, 6.45) is 4.42. The number of hydrogen-bond donors (Lipinski definition) is 0. The van der Waals surface area contributed by atoms with Gasteiger partial charge in [-0.25, -0.2) is 0 Å². The van der Waals surface area contributed by atoms with E-state index in [0.29, 0.717) is 6.04 Å². The molecule has 0 radical (unpaired) electrons. The molecule has 1 aromatic heterocycles. The largest absolute Gasteiger partial charge is 0.292 e. The zero-order valence-electron chi connectivity index (χ0n) is 12.7. The first-order valence-electron chi connectivity index (χ1n) is 8.03. The molecule has 4 rings (SSSR count). The molecule has 2 heterocycles. The van der Waals surface area contributed by atoms with Gasteiger partial charge in [0.15, 0.2) is 0 Å². The molecule has 0 amide bonds. The Balaban J connectivity index is 1.64. The van der Waals surface area contributed by atoms with Gasteiger partial charge >= 0.3 is 0 Å². The molecule has 1 aliphatic heterocycles. The van der Waals surface area contributed by atoms with Crippen LogP contribution < -0.4 is 0 Å². The second-order valence-electron chi connectivity index (χ2n) is 6.03. The van der Waals surface area contributed by atoms with E-state index >= 15 is 0 Å². The van der Waals surface area contributed by atoms with E-state index in [2.05, 4.69) is 64.5 Å². The van der Waals surface area contributed by atoms with Crippen molar-refractivity contribution in [3.8, 4) is 0 Å². The second-order valence-corrected chi connectivity index (χ2v) is 6.03. The molecule has 0 bridgehead atoms. The Bertz CT molecular complexity index is 762. The first-order chi connectivity index (χ1) is 10.9. The van der Waals surface area contributed by atoms with Crippen molar-refractivity contribution in [1.29, 1.82) is 0 Å². The molecule has 1 unspecified atom stereocenters. The number of benzene rings is 2. The molecular formula is C20H20N2. The van der Waals surface area contributed by atoms with Crippen molar-refractivity contribution >= 4 is 10.9 Å². The van der Waals surface area contributed by atoms with Crippen LogP contribution in [-0.4, -0.2) is 16.4 Å². The molecule has 1 atom stereocenters. The van der Waals surface area contributed by atoms with Gasteiger partial charge in [0.25, 0.3) is 0 Å². The SMILES string of the molecule is c1ccc(C2CCCN2Cc2cccc3cccnc23)cc1. The molecule has 110 valence electrons. The van der Waals surface area contributed by atoms with Crippen LogP contribution in [0.4, 0.5) is 0 Å². The summed E-state index contributed by atoms with van der Waals surface area (Å²) in [7, 11) is 0. The lowest BCUT2D eigenvalue weighted by molar-refractivity contribution is 0.249. The number of hydrogen-bond acceptors (Lipinski definition) is 2. The molecule has 0 saturated carbocycles. The van der Waals surface area contributed by atoms with E-state index in [1.54, 1.807) is 0 Å². The second kappa shape index (κ2) is 5.90. The van der Waals surface area contributed by atoms with Crippen molar-refractivity contribution in [3.63, 3.8) is 0 Å². The number of nitrogens with zero attached hydrogens (tertiary/aromatic N) is 2. The molecule has 0 aliphatic carbocycles. The Morgan fingerprint density at radius 2 is 1.82 bits per heavy atom. The topological polar surface area (TPSA) is 16.1 Å². The van der Waals surface area contributed by atoms with Gasteiger partial charge in [-0.3, -0.25) is 9.88 Å². The molecule has 2 nitrogen and oxygen atoms in total. The molecule has 2 heteroatoms. The van der Waals surface area contributed by atoms with Crippen molar-refractivity contribution in [1.82, 2.24) is 9.88 Å². The smallest absolute Gasteiger partial charge is 0.0746 e. The Kier molecular flexibility index (Phi) is 3.61. The summed E-state index contributed by atoms with van der Waals surface area (Å²) in [6, 6.07) is 22.1. The lowest BCUT2D eigenvalue weighted by Crippen LogP contribution is -2.22. The third-order valence-electron chi connectivity index (χ3n) is 4.64. The van der Waals surface area contributed by atoms with Crippen LogP contribution in [0.5, 0.6) is 0 Å². The summed E-state index contributed by atoms with van der Waals surface area (Å²) < 4.78 is 0. The fraction of sp³-hybridized carbons (Fsp3) is 0.250. The van der Waals surface area contributed by atoms with Crippen LogP contribution in [-0.2, 0) is 6.54 Å². The van der Waals surface area contributed by atoms with Crippen molar-refractivity contribution in [2.75, 3.05) is 6.54 Å². The molecule has 1 fully saturated rings. The Labute approximate surface area is 131 Å². The Morgan fingerprint density at radius 3 is 2.73 bits per heavy atom. The number of pyridine rings is 1. The summed E-state index contributed by atoms with van der Waals surface area (Å²) >= 11 is 0. The van der Waals surface area contributed by atoms with Gasteiger partial charge in [0, 0.05) is 24.2 Å². The highest BCUT2D eigenvalue weighted by atomic mass is 15.2. The number of likely N-dealkylation sites (tertiary alicyclic amines) is 1. The standard InChI is InChI=1S/C20H20N2/c1-2-7-16(8-3-1)19-12-6-14-22(19)15-18-10-4-9-17-11-5-13-21-20(17)18/h1-5,7-11,13,19H,6,12,14-15H2. The first-order valence-corrected chi connectivity index (χ1v) is 8.03. The minimum Gasteiger partial charge on any atom is -0.292 e. The van der Waals surface area contributed by atoms with Crippen molar-refractivity contribution < 1.29 is 0 Å². The molecule has 0 spiro atoms. The molecule has 0 N–H and O–H groups in total. The minimum absolute atomic E-state index is 0.542. The summed E-state index contributed by atoms with van der Waals surface area (Å²) in [6.45, 7) is 2.15. The molecule has 3 aromatic rings. The van der Waals surface area contributed by atoms with Gasteiger partial charge in [0.2, 0.25) is 0 Å². The van der Waals surface area contributed by atoms with Crippen LogP contribution in [0.2, 0.25) is 0 Å². The summed E-state index contributed by atoms with van der Waals surface area (Å²) in [5.74, 6) is 0. The van der Waals surface area contributed by atoms with Crippen LogP contribution in [0.1, 0.15) is 30.0 Å². The van der Waals surface area contributed by atoms with Gasteiger partial charge < -0.3 is 0 Å². The highest BCUT2D eigenvalue weighted by Crippen LogP contribution is 2.33. The molecule has 22 heavy (non-hydrogen) atoms. The Hall–Kier alpha value is -2.19. The third kappa shape index (κ3) is 2.51. The van der Waals surface area contributed by atoms with E-state index in [1.165, 1.54) is 35.9 Å². The zero-order valence-corrected chi connectivity index (χ0v) is 12.7. The number of aromatic nitrogens is 1. The van der Waals surface area contributed by atoms with Crippen molar-refractivity contribution in [3.05, 3.63) is 78.0 Å². The van der Waals surface area contributed by atoms with E-state index in [9.17, 15) is 0 Å². The fourth-order valence-electron chi connectivity index (χ4n) is 3.58. The van der Waals surface area contributed by atoms with Crippen LogP contribution in [0, 0.1) is 0 Å². The van der Waals surface area contributed by atoms with Gasteiger partial charge in [-0.05, 0) is 36.6 Å². The quantitative estimate of drug-likeness (QED) is 0.701. The third-order valence-corrected chi connectivity index (χ3v) is 4.64. The average Bonchev–Trinajstić information content (AvgIpc) is 3.04. The molecule has 2 aromatic carbocycles. The summed E-state index contributed by atoms with van der Waals surface area (Å²) in [5, 5.41) is 1.23. The van der Waals surface area contributed by atoms with Crippen molar-refractivity contribution in [2.45, 2.75) is 25.4 Å². The number of fused-ring (bicyclic) bond motifs is 1. The maximum atomic E-state index is 4.59. The monoisotopic (exact) mass is 288 g/mol. The van der Waals surface area contributed by atoms with E-state index in [-0.39, 0.29) is 0 Å². The van der Waals surface area contributed by atoms with Crippen LogP contribution >= 0.6 is 0 Å². The highest BCUT2D eigenvalue weighted by molar-refractivity contribution is 5.81. The van der Waals surface area contributed by atoms with Crippen LogP contribution in [0.3, 0.4) is 0 Å². The average molecular weight is 288 g/mol. The lowest BCUT2D eigenvalue weighted by atomic mass is 10.0. The predicted octanol–water partition coefficient (Wildman–Crippen LogP) is 4.57. The number of para-hydroxylation sites is 1. The lowest BCUT2D eigenvalue weighted by Gasteiger charge is -2.25. The first kappa shape index (κ1) is 13.5. The number of rotatable bonds is 3. The van der Waals surface area contributed by atoms with Gasteiger partial charge in [-0.15, -0.1) is 0 Å². The van der Waals surface area contributed by atoms with Gasteiger partial charge in [-0.2, -0.15) is 0 Å². The van der Waals surface area contributed by atoms with E-state index in [0.717, 1.165) is 12.1 Å². The maximum Gasteiger partial charge on any atom is 0.0746 e. The summed E-state index contributed by atoms with van der Waals surface area (Å²) in [4.78, 5) is 7.19. The maximum absolute atomic E-state index is 4.59. The molecule has 1 saturated heterocycles.